The molecule has 0 saturated carbocycles. The third-order valence-electron chi connectivity index (χ3n) is 1.51. The van der Waals surface area contributed by atoms with Gasteiger partial charge in [0.05, 0.1) is 7.11 Å². The fourth-order valence-electron chi connectivity index (χ4n) is 0.906. The molecule has 0 unspecified atom stereocenters. The lowest BCUT2D eigenvalue weighted by atomic mass is 9.93. The first-order chi connectivity index (χ1) is 5.15. The smallest absolute Gasteiger partial charge is 0.124 e. The summed E-state index contributed by atoms with van der Waals surface area (Å²) in [5.74, 6) is 0.0872. The van der Waals surface area contributed by atoms with Gasteiger partial charge in [-0.1, -0.05) is 11.5 Å². The predicted octanol–water partition coefficient (Wildman–Crippen LogP) is 0.937. The first kappa shape index (κ1) is 8.11. The Morgan fingerprint density at radius 1 is 1.45 bits per heavy atom. The quantitative estimate of drug-likeness (QED) is 0.541. The summed E-state index contributed by atoms with van der Waals surface area (Å²) < 4.78 is 17.6. The Morgan fingerprint density at radius 3 is 2.64 bits per heavy atom. The minimum absolute atomic E-state index is 0.156. The zero-order chi connectivity index (χ0) is 8.43. The lowest BCUT2D eigenvalue weighted by Gasteiger charge is -2.05. The highest BCUT2D eigenvalue weighted by Crippen LogP contribution is 2.15. The van der Waals surface area contributed by atoms with Crippen LogP contribution in [0.1, 0.15) is 5.56 Å². The summed E-state index contributed by atoms with van der Waals surface area (Å²) in [6.07, 6.45) is 0. The fourth-order valence-corrected chi connectivity index (χ4v) is 0.906. The van der Waals surface area contributed by atoms with E-state index >= 15 is 0 Å². The average Bonchev–Trinajstić information content (AvgIpc) is 1.97. The van der Waals surface area contributed by atoms with E-state index in [2.05, 4.69) is 0 Å². The van der Waals surface area contributed by atoms with E-state index in [1.807, 2.05) is 6.92 Å². The number of ether oxygens (including phenoxy) is 1. The van der Waals surface area contributed by atoms with Crippen LogP contribution in [0.15, 0.2) is 12.1 Å². The summed E-state index contributed by atoms with van der Waals surface area (Å²) in [5, 5.41) is 0. The summed E-state index contributed by atoms with van der Waals surface area (Å²) in [6, 6.07) is 2.83. The second-order valence-corrected chi connectivity index (χ2v) is 2.34. The zero-order valence-electron chi connectivity index (χ0n) is 6.52. The van der Waals surface area contributed by atoms with Crippen LogP contribution >= 0.6 is 0 Å². The van der Waals surface area contributed by atoms with Gasteiger partial charge in [0, 0.05) is 6.07 Å². The normalized spacial score (nSPS) is 9.73. The van der Waals surface area contributed by atoms with Crippen LogP contribution in [0.3, 0.4) is 0 Å². The molecule has 0 bridgehead atoms. The number of aryl methyl sites for hydroxylation is 1. The SMILES string of the molecule is [B]c1cc(C)c(OC)cc1F. The maximum Gasteiger partial charge on any atom is 0.124 e. The van der Waals surface area contributed by atoms with Gasteiger partial charge in [-0.25, -0.2) is 4.39 Å². The van der Waals surface area contributed by atoms with Gasteiger partial charge in [0.2, 0.25) is 0 Å². The topological polar surface area (TPSA) is 9.23 Å². The van der Waals surface area contributed by atoms with Crippen LogP contribution in [0.2, 0.25) is 0 Å². The van der Waals surface area contributed by atoms with Crippen LogP contribution in [0.25, 0.3) is 0 Å². The summed E-state index contributed by atoms with van der Waals surface area (Å²) in [5.41, 5.74) is 0.995. The molecule has 0 aliphatic carbocycles. The lowest BCUT2D eigenvalue weighted by molar-refractivity contribution is 0.408. The Kier molecular flexibility index (Phi) is 2.18. The molecule has 0 N–H and O–H groups in total. The number of hydrogen-bond acceptors (Lipinski definition) is 1. The molecule has 0 fully saturated rings. The third-order valence-corrected chi connectivity index (χ3v) is 1.51. The molecule has 11 heavy (non-hydrogen) atoms. The van der Waals surface area contributed by atoms with Gasteiger partial charge in [-0.2, -0.15) is 0 Å². The molecule has 1 aromatic carbocycles. The molecule has 3 heteroatoms. The fraction of sp³-hybridized carbons (Fsp3) is 0.250. The van der Waals surface area contributed by atoms with Crippen molar-refractivity contribution in [2.45, 2.75) is 6.92 Å². The Hall–Kier alpha value is -0.985. The highest BCUT2D eigenvalue weighted by molar-refractivity contribution is 6.32. The summed E-state index contributed by atoms with van der Waals surface area (Å²) in [7, 11) is 6.81. The molecule has 0 amide bonds. The molecule has 0 heterocycles. The van der Waals surface area contributed by atoms with Crippen molar-refractivity contribution in [3.05, 3.63) is 23.5 Å². The molecule has 1 rings (SSSR count). The molecule has 0 saturated heterocycles. The Morgan fingerprint density at radius 2 is 2.09 bits per heavy atom. The van der Waals surface area contributed by atoms with Crippen molar-refractivity contribution >= 4 is 13.3 Å². The number of halogens is 1. The zero-order valence-corrected chi connectivity index (χ0v) is 6.52. The molecule has 56 valence electrons. The number of rotatable bonds is 1. The second-order valence-electron chi connectivity index (χ2n) is 2.34. The van der Waals surface area contributed by atoms with Crippen LogP contribution in [-0.4, -0.2) is 15.0 Å². The van der Waals surface area contributed by atoms with Crippen LogP contribution in [0.5, 0.6) is 5.75 Å². The van der Waals surface area contributed by atoms with Gasteiger partial charge >= 0.3 is 0 Å². The molecule has 2 radical (unpaired) electrons. The van der Waals surface area contributed by atoms with Gasteiger partial charge in [0.25, 0.3) is 0 Å². The predicted molar refractivity (Wildman–Crippen MR) is 43.1 cm³/mol. The summed E-state index contributed by atoms with van der Waals surface area (Å²) >= 11 is 0. The van der Waals surface area contributed by atoms with Crippen molar-refractivity contribution in [3.8, 4) is 5.75 Å². The van der Waals surface area contributed by atoms with Gasteiger partial charge in [-0.15, -0.1) is 0 Å². The average molecular weight is 150 g/mol. The van der Waals surface area contributed by atoms with Gasteiger partial charge in [-0.05, 0) is 12.5 Å². The van der Waals surface area contributed by atoms with Gasteiger partial charge in [0.15, 0.2) is 0 Å². The van der Waals surface area contributed by atoms with Crippen LogP contribution in [0, 0.1) is 12.7 Å². The Balaban J connectivity index is 3.21. The molecule has 0 spiro atoms. The van der Waals surface area contributed by atoms with E-state index in [1.165, 1.54) is 13.2 Å². The van der Waals surface area contributed by atoms with Crippen molar-refractivity contribution in [1.29, 1.82) is 0 Å². The van der Waals surface area contributed by atoms with E-state index in [9.17, 15) is 4.39 Å². The molecule has 1 aromatic rings. The van der Waals surface area contributed by atoms with Gasteiger partial charge in [-0.3, -0.25) is 0 Å². The van der Waals surface area contributed by atoms with Crippen LogP contribution in [0.4, 0.5) is 4.39 Å². The van der Waals surface area contributed by atoms with Crippen molar-refractivity contribution in [2.75, 3.05) is 7.11 Å². The highest BCUT2D eigenvalue weighted by Gasteiger charge is 2.02. The van der Waals surface area contributed by atoms with Gasteiger partial charge in [0.1, 0.15) is 19.4 Å². The molecular formula is C8H8BFO. The summed E-state index contributed by atoms with van der Waals surface area (Å²) in [4.78, 5) is 0. The standard InChI is InChI=1S/C8H8BFO/c1-5-3-6(9)7(10)4-8(5)11-2/h3-4H,1-2H3. The molecular weight excluding hydrogens is 142 g/mol. The van der Waals surface area contributed by atoms with E-state index in [-0.39, 0.29) is 5.46 Å². The number of methoxy groups -OCH3 is 1. The number of hydrogen-bond donors (Lipinski definition) is 0. The lowest BCUT2D eigenvalue weighted by Crippen LogP contribution is -2.09. The maximum atomic E-state index is 12.7. The van der Waals surface area contributed by atoms with Crippen LogP contribution < -0.4 is 10.2 Å². The highest BCUT2D eigenvalue weighted by atomic mass is 19.1. The van der Waals surface area contributed by atoms with E-state index in [4.69, 9.17) is 12.6 Å². The van der Waals surface area contributed by atoms with Crippen molar-refractivity contribution in [1.82, 2.24) is 0 Å². The molecule has 0 atom stereocenters. The molecule has 0 aromatic heterocycles. The minimum atomic E-state index is -0.438. The Labute approximate surface area is 66.6 Å². The molecule has 0 aliphatic rings. The first-order valence-electron chi connectivity index (χ1n) is 3.24. The monoisotopic (exact) mass is 150 g/mol. The van der Waals surface area contributed by atoms with Crippen molar-refractivity contribution in [2.24, 2.45) is 0 Å². The van der Waals surface area contributed by atoms with Crippen LogP contribution in [-0.2, 0) is 0 Å². The summed E-state index contributed by atoms with van der Waals surface area (Å²) in [6.45, 7) is 1.81. The van der Waals surface area contributed by atoms with E-state index in [1.54, 1.807) is 6.07 Å². The molecule has 1 nitrogen and oxygen atoms in total. The first-order valence-corrected chi connectivity index (χ1v) is 3.24. The number of benzene rings is 1. The maximum absolute atomic E-state index is 12.7. The molecule has 0 aliphatic heterocycles. The minimum Gasteiger partial charge on any atom is -0.496 e. The van der Waals surface area contributed by atoms with Crippen molar-refractivity contribution < 1.29 is 9.13 Å². The van der Waals surface area contributed by atoms with Crippen molar-refractivity contribution in [3.63, 3.8) is 0 Å². The third kappa shape index (κ3) is 1.53. The largest absolute Gasteiger partial charge is 0.496 e. The van der Waals surface area contributed by atoms with E-state index in [0.29, 0.717) is 5.75 Å². The van der Waals surface area contributed by atoms with Gasteiger partial charge < -0.3 is 4.74 Å². The van der Waals surface area contributed by atoms with E-state index < -0.39 is 5.82 Å². The second kappa shape index (κ2) is 2.95. The Bertz CT molecular complexity index is 273. The van der Waals surface area contributed by atoms with E-state index in [0.717, 1.165) is 5.56 Å².